The van der Waals surface area contributed by atoms with Crippen molar-refractivity contribution in [3.8, 4) is 17.2 Å². The summed E-state index contributed by atoms with van der Waals surface area (Å²) in [6.45, 7) is 1.30. The molecule has 0 radical (unpaired) electrons. The molecule has 1 aromatic heterocycles. The highest BCUT2D eigenvalue weighted by molar-refractivity contribution is 5.76. The van der Waals surface area contributed by atoms with E-state index < -0.39 is 6.10 Å². The molecule has 0 aliphatic carbocycles. The molecule has 7 heteroatoms. The Labute approximate surface area is 181 Å². The van der Waals surface area contributed by atoms with Gasteiger partial charge in [0.2, 0.25) is 17.7 Å². The first-order chi connectivity index (χ1) is 15.1. The number of ether oxygens (including phenoxy) is 1. The summed E-state index contributed by atoms with van der Waals surface area (Å²) >= 11 is 0. The van der Waals surface area contributed by atoms with Gasteiger partial charge in [-0.2, -0.15) is 0 Å². The SMILES string of the molecule is COc1ccc(C(O)C2CCN(C(=O)CCc3nnc(-c4ccccc4)o3)CC2)cc1. The minimum absolute atomic E-state index is 0.0804. The predicted molar refractivity (Wildman–Crippen MR) is 115 cm³/mol. The first kappa shape index (κ1) is 21.1. The van der Waals surface area contributed by atoms with Crippen molar-refractivity contribution in [3.63, 3.8) is 0 Å². The lowest BCUT2D eigenvalue weighted by Crippen LogP contribution is -2.39. The zero-order chi connectivity index (χ0) is 21.6. The van der Waals surface area contributed by atoms with E-state index in [0.717, 1.165) is 29.7 Å². The number of hydrogen-bond acceptors (Lipinski definition) is 6. The van der Waals surface area contributed by atoms with Gasteiger partial charge in [0.25, 0.3) is 0 Å². The van der Waals surface area contributed by atoms with E-state index in [1.807, 2.05) is 59.5 Å². The Morgan fingerprint density at radius 3 is 2.52 bits per heavy atom. The highest BCUT2D eigenvalue weighted by atomic mass is 16.5. The van der Waals surface area contributed by atoms with Crippen molar-refractivity contribution in [3.05, 3.63) is 66.1 Å². The Kier molecular flexibility index (Phi) is 6.62. The second kappa shape index (κ2) is 9.75. The van der Waals surface area contributed by atoms with Crippen LogP contribution in [0.2, 0.25) is 0 Å². The van der Waals surface area contributed by atoms with E-state index in [-0.39, 0.29) is 11.8 Å². The van der Waals surface area contributed by atoms with Crippen LogP contribution in [0.1, 0.15) is 36.8 Å². The van der Waals surface area contributed by atoms with Crippen LogP contribution in [0.5, 0.6) is 5.75 Å². The number of piperidine rings is 1. The number of aryl methyl sites for hydroxylation is 1. The fourth-order valence-corrected chi connectivity index (χ4v) is 3.96. The van der Waals surface area contributed by atoms with Crippen LogP contribution in [-0.2, 0) is 11.2 Å². The van der Waals surface area contributed by atoms with Gasteiger partial charge in [-0.05, 0) is 48.6 Å². The normalized spacial score (nSPS) is 15.6. The highest BCUT2D eigenvalue weighted by Crippen LogP contribution is 2.31. The molecule has 31 heavy (non-hydrogen) atoms. The van der Waals surface area contributed by atoms with E-state index in [9.17, 15) is 9.90 Å². The average molecular weight is 421 g/mol. The molecule has 0 saturated carbocycles. The van der Waals surface area contributed by atoms with E-state index >= 15 is 0 Å². The summed E-state index contributed by atoms with van der Waals surface area (Å²) in [6, 6.07) is 17.1. The van der Waals surface area contributed by atoms with Crippen LogP contribution in [0, 0.1) is 5.92 Å². The maximum Gasteiger partial charge on any atom is 0.247 e. The third-order valence-electron chi connectivity index (χ3n) is 5.84. The molecule has 2 heterocycles. The number of benzene rings is 2. The van der Waals surface area contributed by atoms with Gasteiger partial charge in [0.15, 0.2) is 0 Å². The van der Waals surface area contributed by atoms with Crippen LogP contribution in [0.3, 0.4) is 0 Å². The van der Waals surface area contributed by atoms with E-state index in [1.165, 1.54) is 0 Å². The molecular formula is C24H27N3O4. The van der Waals surface area contributed by atoms with Gasteiger partial charge in [0.1, 0.15) is 5.75 Å². The van der Waals surface area contributed by atoms with E-state index in [2.05, 4.69) is 10.2 Å². The monoisotopic (exact) mass is 421 g/mol. The number of aliphatic hydroxyl groups is 1. The van der Waals surface area contributed by atoms with Crippen LogP contribution < -0.4 is 4.74 Å². The summed E-state index contributed by atoms with van der Waals surface area (Å²) in [5.41, 5.74) is 1.75. The van der Waals surface area contributed by atoms with Gasteiger partial charge in [-0.15, -0.1) is 10.2 Å². The van der Waals surface area contributed by atoms with Gasteiger partial charge in [-0.25, -0.2) is 0 Å². The molecule has 4 rings (SSSR count). The van der Waals surface area contributed by atoms with Crippen molar-refractivity contribution in [2.24, 2.45) is 5.92 Å². The largest absolute Gasteiger partial charge is 0.497 e. The van der Waals surface area contributed by atoms with Crippen molar-refractivity contribution in [2.75, 3.05) is 20.2 Å². The molecule has 0 bridgehead atoms. The van der Waals surface area contributed by atoms with Gasteiger partial charge in [-0.1, -0.05) is 30.3 Å². The number of likely N-dealkylation sites (tertiary alicyclic amines) is 1. The maximum atomic E-state index is 12.6. The van der Waals surface area contributed by atoms with Crippen molar-refractivity contribution >= 4 is 5.91 Å². The fourth-order valence-electron chi connectivity index (χ4n) is 3.96. The molecule has 1 atom stereocenters. The van der Waals surface area contributed by atoms with Crippen LogP contribution >= 0.6 is 0 Å². The smallest absolute Gasteiger partial charge is 0.247 e. The number of rotatable bonds is 7. The fraction of sp³-hybridized carbons (Fsp3) is 0.375. The number of aromatic nitrogens is 2. The van der Waals surface area contributed by atoms with Gasteiger partial charge >= 0.3 is 0 Å². The van der Waals surface area contributed by atoms with Gasteiger partial charge < -0.3 is 19.2 Å². The van der Waals surface area contributed by atoms with Crippen molar-refractivity contribution in [2.45, 2.75) is 31.8 Å². The summed E-state index contributed by atoms with van der Waals surface area (Å²) in [4.78, 5) is 14.5. The molecule has 1 fully saturated rings. The first-order valence-corrected chi connectivity index (χ1v) is 10.6. The van der Waals surface area contributed by atoms with Gasteiger partial charge in [0, 0.05) is 31.5 Å². The molecule has 1 amide bonds. The molecule has 1 N–H and O–H groups in total. The highest BCUT2D eigenvalue weighted by Gasteiger charge is 2.28. The Balaban J connectivity index is 1.25. The third-order valence-corrected chi connectivity index (χ3v) is 5.84. The summed E-state index contributed by atoms with van der Waals surface area (Å²) in [7, 11) is 1.62. The zero-order valence-corrected chi connectivity index (χ0v) is 17.6. The molecule has 0 spiro atoms. The van der Waals surface area contributed by atoms with E-state index in [1.54, 1.807) is 7.11 Å². The first-order valence-electron chi connectivity index (χ1n) is 10.6. The summed E-state index contributed by atoms with van der Waals surface area (Å²) < 4.78 is 10.9. The van der Waals surface area contributed by atoms with Gasteiger partial charge in [0.05, 0.1) is 13.2 Å². The molecule has 2 aromatic carbocycles. The molecule has 7 nitrogen and oxygen atoms in total. The second-order valence-corrected chi connectivity index (χ2v) is 7.80. The number of hydrogen-bond donors (Lipinski definition) is 1. The molecule has 1 unspecified atom stereocenters. The average Bonchev–Trinajstić information content (AvgIpc) is 3.32. The van der Waals surface area contributed by atoms with Crippen molar-refractivity contribution < 1.29 is 19.1 Å². The van der Waals surface area contributed by atoms with Crippen molar-refractivity contribution in [1.29, 1.82) is 0 Å². The third kappa shape index (κ3) is 5.11. The predicted octanol–water partition coefficient (Wildman–Crippen LogP) is 3.65. The Bertz CT molecular complexity index is 980. The number of amides is 1. The number of carbonyl (C=O) groups excluding carboxylic acids is 1. The minimum Gasteiger partial charge on any atom is -0.497 e. The summed E-state index contributed by atoms with van der Waals surface area (Å²) in [6.07, 6.45) is 1.78. The van der Waals surface area contributed by atoms with Gasteiger partial charge in [-0.3, -0.25) is 4.79 Å². The molecule has 1 aliphatic rings. The number of aliphatic hydroxyl groups excluding tert-OH is 1. The van der Waals surface area contributed by atoms with Crippen LogP contribution in [-0.4, -0.2) is 46.3 Å². The van der Waals surface area contributed by atoms with Crippen LogP contribution in [0.25, 0.3) is 11.5 Å². The van der Waals surface area contributed by atoms with E-state index in [0.29, 0.717) is 37.7 Å². The minimum atomic E-state index is -0.530. The Hall–Kier alpha value is -3.19. The standard InChI is InChI=1S/C24H27N3O4/c1-30-20-9-7-17(8-10-20)23(29)18-13-15-27(16-14-18)22(28)12-11-21-25-26-24(31-21)19-5-3-2-4-6-19/h2-10,18,23,29H,11-16H2,1H3. The lowest BCUT2D eigenvalue weighted by atomic mass is 9.87. The lowest BCUT2D eigenvalue weighted by molar-refractivity contribution is -0.133. The molecular weight excluding hydrogens is 394 g/mol. The molecule has 1 aliphatic heterocycles. The maximum absolute atomic E-state index is 12.6. The summed E-state index contributed by atoms with van der Waals surface area (Å²) in [5.74, 6) is 1.93. The zero-order valence-electron chi connectivity index (χ0n) is 17.6. The number of carbonyl (C=O) groups is 1. The lowest BCUT2D eigenvalue weighted by Gasteiger charge is -2.34. The van der Waals surface area contributed by atoms with Crippen LogP contribution in [0.4, 0.5) is 0 Å². The quantitative estimate of drug-likeness (QED) is 0.626. The Morgan fingerprint density at radius 2 is 1.84 bits per heavy atom. The summed E-state index contributed by atoms with van der Waals surface area (Å²) in [5, 5.41) is 18.8. The number of nitrogens with zero attached hydrogens (tertiary/aromatic N) is 3. The Morgan fingerprint density at radius 1 is 1.13 bits per heavy atom. The number of methoxy groups -OCH3 is 1. The van der Waals surface area contributed by atoms with E-state index in [4.69, 9.17) is 9.15 Å². The topological polar surface area (TPSA) is 88.7 Å². The van der Waals surface area contributed by atoms with Crippen molar-refractivity contribution in [1.82, 2.24) is 15.1 Å². The molecule has 162 valence electrons. The molecule has 1 saturated heterocycles. The second-order valence-electron chi connectivity index (χ2n) is 7.80. The molecule has 3 aromatic rings. The van der Waals surface area contributed by atoms with Crippen LogP contribution in [0.15, 0.2) is 59.0 Å².